The van der Waals surface area contributed by atoms with Crippen LogP contribution in [0.25, 0.3) is 0 Å². The van der Waals surface area contributed by atoms with Gasteiger partial charge < -0.3 is 10.1 Å². The van der Waals surface area contributed by atoms with Gasteiger partial charge in [0, 0.05) is 23.8 Å². The predicted octanol–water partition coefficient (Wildman–Crippen LogP) is 3.70. The molecule has 0 saturated carbocycles. The molecule has 2 aromatic carbocycles. The van der Waals surface area contributed by atoms with Crippen molar-refractivity contribution in [2.45, 2.75) is 25.7 Å². The van der Waals surface area contributed by atoms with Crippen LogP contribution in [0.4, 0.5) is 5.69 Å². The minimum Gasteiger partial charge on any atom is -0.484 e. The van der Waals surface area contributed by atoms with Gasteiger partial charge in [-0.2, -0.15) is 4.31 Å². The molecule has 27 heavy (non-hydrogen) atoms. The highest BCUT2D eigenvalue weighted by molar-refractivity contribution is 7.89. The smallest absolute Gasteiger partial charge is 0.262 e. The fourth-order valence-corrected chi connectivity index (χ4v) is 4.05. The first kappa shape index (κ1) is 21.2. The number of amides is 1. The van der Waals surface area contributed by atoms with E-state index in [2.05, 4.69) is 5.32 Å². The van der Waals surface area contributed by atoms with Gasteiger partial charge in [-0.3, -0.25) is 4.79 Å². The maximum absolute atomic E-state index is 12.4. The number of anilines is 1. The van der Waals surface area contributed by atoms with E-state index in [1.165, 1.54) is 16.4 Å². The zero-order valence-corrected chi connectivity index (χ0v) is 17.1. The van der Waals surface area contributed by atoms with Crippen molar-refractivity contribution in [1.29, 1.82) is 0 Å². The molecule has 0 aliphatic heterocycles. The van der Waals surface area contributed by atoms with Crippen LogP contribution in [-0.2, 0) is 14.8 Å². The third-order valence-corrected chi connectivity index (χ3v) is 6.47. The molecule has 0 aromatic heterocycles. The first-order valence-electron chi connectivity index (χ1n) is 8.57. The second kappa shape index (κ2) is 9.21. The number of sulfonamides is 1. The summed E-state index contributed by atoms with van der Waals surface area (Å²) in [5.41, 5.74) is 1.36. The highest BCUT2D eigenvalue weighted by atomic mass is 35.5. The molecule has 6 nitrogen and oxygen atoms in total. The molecule has 0 atom stereocenters. The molecule has 0 aliphatic rings. The molecule has 0 fully saturated rings. The third-order valence-electron chi connectivity index (χ3n) is 3.98. The number of nitrogens with zero attached hydrogens (tertiary/aromatic N) is 1. The average Bonchev–Trinajstić information content (AvgIpc) is 2.64. The van der Waals surface area contributed by atoms with Crippen LogP contribution in [0.5, 0.6) is 5.75 Å². The van der Waals surface area contributed by atoms with Crippen LogP contribution >= 0.6 is 11.6 Å². The van der Waals surface area contributed by atoms with Gasteiger partial charge in [0.2, 0.25) is 10.0 Å². The van der Waals surface area contributed by atoms with Crippen molar-refractivity contribution in [2.75, 3.05) is 25.0 Å². The van der Waals surface area contributed by atoms with E-state index in [0.29, 0.717) is 29.5 Å². The standard InChI is InChI=1S/C19H23ClN2O4S/c1-4-22(5-2)27(24,25)17-9-6-15(7-10-17)21-19(23)13-26-16-8-11-18(20)14(3)12-16/h6-12H,4-5,13H2,1-3H3,(H,21,23). The van der Waals surface area contributed by atoms with E-state index in [9.17, 15) is 13.2 Å². The number of halogens is 1. The van der Waals surface area contributed by atoms with Crippen LogP contribution in [0.15, 0.2) is 47.4 Å². The quantitative estimate of drug-likeness (QED) is 0.720. The SMILES string of the molecule is CCN(CC)S(=O)(=O)c1ccc(NC(=O)COc2ccc(Cl)c(C)c2)cc1. The lowest BCUT2D eigenvalue weighted by Gasteiger charge is -2.18. The minimum absolute atomic E-state index is 0.166. The number of benzene rings is 2. The van der Waals surface area contributed by atoms with Crippen molar-refractivity contribution in [1.82, 2.24) is 4.31 Å². The number of ether oxygens (including phenoxy) is 1. The summed E-state index contributed by atoms with van der Waals surface area (Å²) in [6.45, 7) is 6.07. The van der Waals surface area contributed by atoms with Crippen molar-refractivity contribution in [2.24, 2.45) is 0 Å². The van der Waals surface area contributed by atoms with Gasteiger partial charge in [-0.1, -0.05) is 25.4 Å². The normalized spacial score (nSPS) is 11.4. The molecule has 1 amide bonds. The van der Waals surface area contributed by atoms with Crippen LogP contribution in [0.2, 0.25) is 5.02 Å². The monoisotopic (exact) mass is 410 g/mol. The van der Waals surface area contributed by atoms with Crippen molar-refractivity contribution in [3.05, 3.63) is 53.1 Å². The van der Waals surface area contributed by atoms with Gasteiger partial charge in [0.25, 0.3) is 5.91 Å². The number of nitrogens with one attached hydrogen (secondary N) is 1. The summed E-state index contributed by atoms with van der Waals surface area (Å²) < 4.78 is 31.7. The Morgan fingerprint density at radius 3 is 2.30 bits per heavy atom. The Labute approximate surface area is 165 Å². The maximum atomic E-state index is 12.4. The second-order valence-electron chi connectivity index (χ2n) is 5.86. The lowest BCUT2D eigenvalue weighted by atomic mass is 10.2. The zero-order chi connectivity index (χ0) is 20.0. The summed E-state index contributed by atoms with van der Waals surface area (Å²) in [7, 11) is -3.52. The molecule has 0 radical (unpaired) electrons. The number of hydrogen-bond donors (Lipinski definition) is 1. The van der Waals surface area contributed by atoms with Gasteiger partial charge >= 0.3 is 0 Å². The summed E-state index contributed by atoms with van der Waals surface area (Å²) in [5, 5.41) is 3.31. The van der Waals surface area contributed by atoms with E-state index < -0.39 is 10.0 Å². The Morgan fingerprint density at radius 1 is 1.11 bits per heavy atom. The fraction of sp³-hybridized carbons (Fsp3) is 0.316. The summed E-state index contributed by atoms with van der Waals surface area (Å²) in [6.07, 6.45) is 0. The molecule has 2 rings (SSSR count). The van der Waals surface area contributed by atoms with Gasteiger partial charge in [0.1, 0.15) is 5.75 Å². The fourth-order valence-electron chi connectivity index (χ4n) is 2.48. The Hall–Kier alpha value is -2.09. The molecule has 0 saturated heterocycles. The minimum atomic E-state index is -3.52. The van der Waals surface area contributed by atoms with Crippen LogP contribution in [0, 0.1) is 6.92 Å². The Kier molecular flexibility index (Phi) is 7.24. The largest absolute Gasteiger partial charge is 0.484 e. The van der Waals surface area contributed by atoms with Crippen molar-refractivity contribution < 1.29 is 17.9 Å². The van der Waals surface area contributed by atoms with Crippen molar-refractivity contribution in [3.63, 3.8) is 0 Å². The summed E-state index contributed by atoms with van der Waals surface area (Å²) >= 11 is 5.95. The molecule has 1 N–H and O–H groups in total. The van der Waals surface area contributed by atoms with E-state index in [0.717, 1.165) is 5.56 Å². The van der Waals surface area contributed by atoms with Crippen molar-refractivity contribution in [3.8, 4) is 5.75 Å². The zero-order valence-electron chi connectivity index (χ0n) is 15.5. The number of hydrogen-bond acceptors (Lipinski definition) is 4. The van der Waals surface area contributed by atoms with E-state index >= 15 is 0 Å². The molecule has 8 heteroatoms. The summed E-state index contributed by atoms with van der Waals surface area (Å²) in [4.78, 5) is 12.2. The lowest BCUT2D eigenvalue weighted by molar-refractivity contribution is -0.118. The molecule has 0 spiro atoms. The third kappa shape index (κ3) is 5.45. The van der Waals surface area contributed by atoms with Gasteiger partial charge in [-0.05, 0) is 55.0 Å². The molecular weight excluding hydrogens is 388 g/mol. The molecule has 0 unspecified atom stereocenters. The van der Waals surface area contributed by atoms with Crippen molar-refractivity contribution >= 4 is 33.2 Å². The molecule has 0 aliphatic carbocycles. The van der Waals surface area contributed by atoms with E-state index in [-0.39, 0.29) is 17.4 Å². The highest BCUT2D eigenvalue weighted by Gasteiger charge is 2.21. The van der Waals surface area contributed by atoms with E-state index in [4.69, 9.17) is 16.3 Å². The van der Waals surface area contributed by atoms with E-state index in [1.54, 1.807) is 44.2 Å². The lowest BCUT2D eigenvalue weighted by Crippen LogP contribution is -2.30. The first-order valence-corrected chi connectivity index (χ1v) is 10.4. The topological polar surface area (TPSA) is 75.7 Å². The van der Waals surface area contributed by atoms with Gasteiger partial charge in [-0.15, -0.1) is 0 Å². The molecule has 146 valence electrons. The van der Waals surface area contributed by atoms with Crippen LogP contribution in [0.1, 0.15) is 19.4 Å². The summed E-state index contributed by atoms with van der Waals surface area (Å²) in [5.74, 6) is 0.203. The Bertz CT molecular complexity index is 894. The summed E-state index contributed by atoms with van der Waals surface area (Å²) in [6, 6.07) is 11.2. The molecule has 2 aromatic rings. The van der Waals surface area contributed by atoms with Crippen LogP contribution in [-0.4, -0.2) is 38.3 Å². The van der Waals surface area contributed by atoms with E-state index in [1.807, 2.05) is 6.92 Å². The second-order valence-corrected chi connectivity index (χ2v) is 8.21. The molecule has 0 heterocycles. The van der Waals surface area contributed by atoms with Crippen LogP contribution in [0.3, 0.4) is 0 Å². The number of carbonyl (C=O) groups is 1. The highest BCUT2D eigenvalue weighted by Crippen LogP contribution is 2.21. The molecule has 0 bridgehead atoms. The van der Waals surface area contributed by atoms with Gasteiger partial charge in [0.05, 0.1) is 4.90 Å². The Morgan fingerprint density at radius 2 is 1.74 bits per heavy atom. The predicted molar refractivity (Wildman–Crippen MR) is 107 cm³/mol. The molecular formula is C19H23ClN2O4S. The first-order chi connectivity index (χ1) is 12.8. The van der Waals surface area contributed by atoms with Gasteiger partial charge in [-0.25, -0.2) is 8.42 Å². The number of aryl methyl sites for hydroxylation is 1. The Balaban J connectivity index is 1.97. The number of rotatable bonds is 8. The number of carbonyl (C=O) groups excluding carboxylic acids is 1. The average molecular weight is 411 g/mol. The van der Waals surface area contributed by atoms with Crippen LogP contribution < -0.4 is 10.1 Å². The maximum Gasteiger partial charge on any atom is 0.262 e. The van der Waals surface area contributed by atoms with Gasteiger partial charge in [0.15, 0.2) is 6.61 Å².